The summed E-state index contributed by atoms with van der Waals surface area (Å²) in [6.07, 6.45) is 0. The lowest BCUT2D eigenvalue weighted by Gasteiger charge is -2.12. The van der Waals surface area contributed by atoms with Crippen LogP contribution in [-0.4, -0.2) is 10.8 Å². The zero-order valence-corrected chi connectivity index (χ0v) is 11.1. The summed E-state index contributed by atoms with van der Waals surface area (Å²) in [5.41, 5.74) is 5.72. The summed E-state index contributed by atoms with van der Waals surface area (Å²) in [7, 11) is 0. The molecule has 108 valence electrons. The Morgan fingerprint density at radius 2 is 2.05 bits per heavy atom. The highest BCUT2D eigenvalue weighted by Gasteiger charge is 2.16. The minimum atomic E-state index is -0.552. The fourth-order valence-electron chi connectivity index (χ4n) is 1.83. The minimum Gasteiger partial charge on any atom is -0.456 e. The predicted octanol–water partition coefficient (Wildman–Crippen LogP) is 3.12. The van der Waals surface area contributed by atoms with Gasteiger partial charge in [0, 0.05) is 6.07 Å². The van der Waals surface area contributed by atoms with Crippen LogP contribution >= 0.6 is 0 Å². The molecule has 6 nitrogen and oxygen atoms in total. The van der Waals surface area contributed by atoms with Crippen LogP contribution in [0.3, 0.4) is 0 Å². The maximum atomic E-state index is 13.2. The van der Waals surface area contributed by atoms with Gasteiger partial charge in [-0.05, 0) is 31.2 Å². The number of halogens is 1. The SMILES string of the molecule is Cc1c(Oc2ccc(F)cc2C(=N)N)cccc1[N+](=O)[O-]. The van der Waals surface area contributed by atoms with E-state index in [0.717, 1.165) is 12.1 Å². The molecule has 0 amide bonds. The van der Waals surface area contributed by atoms with E-state index in [2.05, 4.69) is 0 Å². The van der Waals surface area contributed by atoms with Crippen molar-refractivity contribution in [2.75, 3.05) is 0 Å². The number of nitrogens with one attached hydrogen (secondary N) is 1. The Labute approximate surface area is 119 Å². The van der Waals surface area contributed by atoms with Crippen LogP contribution in [0.5, 0.6) is 11.5 Å². The van der Waals surface area contributed by atoms with Crippen LogP contribution in [0.4, 0.5) is 10.1 Å². The topological polar surface area (TPSA) is 102 Å². The van der Waals surface area contributed by atoms with Gasteiger partial charge in [-0.15, -0.1) is 0 Å². The molecule has 0 aliphatic rings. The first-order chi connectivity index (χ1) is 9.90. The molecule has 0 bridgehead atoms. The Balaban J connectivity index is 2.46. The van der Waals surface area contributed by atoms with Gasteiger partial charge >= 0.3 is 0 Å². The summed E-state index contributed by atoms with van der Waals surface area (Å²) in [4.78, 5) is 10.4. The average molecular weight is 289 g/mol. The van der Waals surface area contributed by atoms with Gasteiger partial charge in [-0.2, -0.15) is 0 Å². The van der Waals surface area contributed by atoms with E-state index in [1.54, 1.807) is 13.0 Å². The molecule has 0 aromatic heterocycles. The second-order valence-electron chi connectivity index (χ2n) is 4.31. The molecule has 7 heteroatoms. The first kappa shape index (κ1) is 14.4. The molecular weight excluding hydrogens is 277 g/mol. The van der Waals surface area contributed by atoms with Crippen LogP contribution in [-0.2, 0) is 0 Å². The standard InChI is InChI=1S/C14H12FN3O3/c1-8-11(18(19)20)3-2-4-12(8)21-13-6-5-9(15)7-10(13)14(16)17/h2-7H,1H3,(H3,16,17). The number of rotatable bonds is 4. The number of nitrogens with two attached hydrogens (primary N) is 1. The molecular formula is C14H12FN3O3. The Morgan fingerprint density at radius 1 is 1.33 bits per heavy atom. The van der Waals surface area contributed by atoms with E-state index in [4.69, 9.17) is 15.9 Å². The van der Waals surface area contributed by atoms with Crippen molar-refractivity contribution >= 4 is 11.5 Å². The van der Waals surface area contributed by atoms with Crippen LogP contribution in [0.1, 0.15) is 11.1 Å². The van der Waals surface area contributed by atoms with Crippen molar-refractivity contribution in [2.24, 2.45) is 5.73 Å². The van der Waals surface area contributed by atoms with Crippen LogP contribution in [0.2, 0.25) is 0 Å². The lowest BCUT2D eigenvalue weighted by atomic mass is 10.1. The number of nitro benzene ring substituents is 1. The normalized spacial score (nSPS) is 10.2. The van der Waals surface area contributed by atoms with E-state index >= 15 is 0 Å². The van der Waals surface area contributed by atoms with Gasteiger partial charge in [-0.1, -0.05) is 6.07 Å². The van der Waals surface area contributed by atoms with Gasteiger partial charge in [0.1, 0.15) is 23.2 Å². The number of hydrogen-bond donors (Lipinski definition) is 2. The Morgan fingerprint density at radius 3 is 2.67 bits per heavy atom. The highest BCUT2D eigenvalue weighted by Crippen LogP contribution is 2.32. The van der Waals surface area contributed by atoms with Gasteiger partial charge in [-0.3, -0.25) is 15.5 Å². The van der Waals surface area contributed by atoms with Crippen molar-refractivity contribution in [3.63, 3.8) is 0 Å². The van der Waals surface area contributed by atoms with Crippen LogP contribution in [0.25, 0.3) is 0 Å². The van der Waals surface area contributed by atoms with E-state index in [-0.39, 0.29) is 28.6 Å². The molecule has 0 fully saturated rings. The summed E-state index contributed by atoms with van der Waals surface area (Å²) < 4.78 is 18.8. The molecule has 0 atom stereocenters. The summed E-state index contributed by atoms with van der Waals surface area (Å²) in [5.74, 6) is -0.498. The summed E-state index contributed by atoms with van der Waals surface area (Å²) in [6.45, 7) is 1.55. The molecule has 0 heterocycles. The monoisotopic (exact) mass is 289 g/mol. The van der Waals surface area contributed by atoms with Crippen molar-refractivity contribution < 1.29 is 14.1 Å². The maximum absolute atomic E-state index is 13.2. The fourth-order valence-corrected chi connectivity index (χ4v) is 1.83. The molecule has 0 unspecified atom stereocenters. The van der Waals surface area contributed by atoms with E-state index in [0.29, 0.717) is 5.56 Å². The zero-order valence-electron chi connectivity index (χ0n) is 11.1. The summed E-state index contributed by atoms with van der Waals surface area (Å²) in [5, 5.41) is 18.3. The second kappa shape index (κ2) is 5.58. The molecule has 2 aromatic carbocycles. The fraction of sp³-hybridized carbons (Fsp3) is 0.0714. The molecule has 0 aliphatic carbocycles. The smallest absolute Gasteiger partial charge is 0.276 e. The number of hydrogen-bond acceptors (Lipinski definition) is 4. The molecule has 0 saturated heterocycles. The number of amidine groups is 1. The lowest BCUT2D eigenvalue weighted by Crippen LogP contribution is -2.12. The third-order valence-corrected chi connectivity index (χ3v) is 2.90. The largest absolute Gasteiger partial charge is 0.456 e. The van der Waals surface area contributed by atoms with Gasteiger partial charge in [0.25, 0.3) is 5.69 Å². The molecule has 0 aliphatic heterocycles. The number of nitrogens with zero attached hydrogens (tertiary/aromatic N) is 1. The van der Waals surface area contributed by atoms with E-state index < -0.39 is 10.7 Å². The van der Waals surface area contributed by atoms with Crippen molar-refractivity contribution in [1.29, 1.82) is 5.41 Å². The quantitative estimate of drug-likeness (QED) is 0.390. The first-order valence-corrected chi connectivity index (χ1v) is 5.96. The molecule has 2 aromatic rings. The number of benzene rings is 2. The van der Waals surface area contributed by atoms with Gasteiger partial charge in [0.05, 0.1) is 16.1 Å². The molecule has 3 N–H and O–H groups in total. The third kappa shape index (κ3) is 2.97. The van der Waals surface area contributed by atoms with Crippen LogP contribution < -0.4 is 10.5 Å². The van der Waals surface area contributed by atoms with Crippen molar-refractivity contribution in [1.82, 2.24) is 0 Å². The number of nitro groups is 1. The number of ether oxygens (including phenoxy) is 1. The average Bonchev–Trinajstić information content (AvgIpc) is 2.42. The Hall–Kier alpha value is -2.96. The maximum Gasteiger partial charge on any atom is 0.276 e. The number of nitrogen functional groups attached to an aromatic ring is 1. The minimum absolute atomic E-state index is 0.0842. The van der Waals surface area contributed by atoms with E-state index in [1.807, 2.05) is 0 Å². The Kier molecular flexibility index (Phi) is 3.84. The molecule has 21 heavy (non-hydrogen) atoms. The third-order valence-electron chi connectivity index (χ3n) is 2.90. The van der Waals surface area contributed by atoms with Crippen molar-refractivity contribution in [3.8, 4) is 11.5 Å². The summed E-state index contributed by atoms with van der Waals surface area (Å²) in [6, 6.07) is 7.95. The molecule has 2 rings (SSSR count). The molecule has 0 radical (unpaired) electrons. The van der Waals surface area contributed by atoms with Gasteiger partial charge in [0.2, 0.25) is 0 Å². The summed E-state index contributed by atoms with van der Waals surface area (Å²) >= 11 is 0. The van der Waals surface area contributed by atoms with Crippen molar-refractivity contribution in [3.05, 3.63) is 63.5 Å². The van der Waals surface area contributed by atoms with E-state index in [1.165, 1.54) is 18.2 Å². The zero-order chi connectivity index (χ0) is 15.6. The van der Waals surface area contributed by atoms with Gasteiger partial charge in [-0.25, -0.2) is 4.39 Å². The molecule has 0 spiro atoms. The van der Waals surface area contributed by atoms with E-state index in [9.17, 15) is 14.5 Å². The van der Waals surface area contributed by atoms with Gasteiger partial charge in [0.15, 0.2) is 0 Å². The van der Waals surface area contributed by atoms with Crippen molar-refractivity contribution in [2.45, 2.75) is 6.92 Å². The Bertz CT molecular complexity index is 731. The van der Waals surface area contributed by atoms with Gasteiger partial charge < -0.3 is 10.5 Å². The second-order valence-corrected chi connectivity index (χ2v) is 4.31. The van der Waals surface area contributed by atoms with Crippen LogP contribution in [0, 0.1) is 28.3 Å². The predicted molar refractivity (Wildman–Crippen MR) is 75.3 cm³/mol. The van der Waals surface area contributed by atoms with Crippen LogP contribution in [0.15, 0.2) is 36.4 Å². The first-order valence-electron chi connectivity index (χ1n) is 5.96. The lowest BCUT2D eigenvalue weighted by molar-refractivity contribution is -0.385. The molecule has 0 saturated carbocycles. The highest BCUT2D eigenvalue weighted by molar-refractivity contribution is 5.97. The highest BCUT2D eigenvalue weighted by atomic mass is 19.1.